The molecule has 17 heteroatoms. The number of hydrogen-bond donors (Lipinski definition) is 7. The number of ketones is 4. The van der Waals surface area contributed by atoms with Gasteiger partial charge in [0.15, 0.2) is 0 Å². The van der Waals surface area contributed by atoms with E-state index in [-0.39, 0.29) is 6.61 Å². The largest absolute Gasteiger partial charge is 0.476 e. The summed E-state index contributed by atoms with van der Waals surface area (Å²) in [7, 11) is 0. The highest BCUT2D eigenvalue weighted by Crippen LogP contribution is 1.77. The average Bonchev–Trinajstić information content (AvgIpc) is 2.71. The molecule has 0 aromatic rings. The minimum Gasteiger partial charge on any atom is -0.476 e. The summed E-state index contributed by atoms with van der Waals surface area (Å²) in [5.74, 6) is -7.77. The first-order valence-electron chi connectivity index (χ1n) is 7.07. The molecule has 0 heterocycles. The van der Waals surface area contributed by atoms with Gasteiger partial charge in [-0.3, -0.25) is 45.1 Å². The molecule has 0 fully saturated rings. The van der Waals surface area contributed by atoms with Crippen LogP contribution in [0.2, 0.25) is 0 Å². The predicted molar refractivity (Wildman–Crippen MR) is 93.9 cm³/mol. The first-order valence-corrected chi connectivity index (χ1v) is 7.07. The minimum absolute atomic E-state index is 0.262. The van der Waals surface area contributed by atoms with E-state index in [1.807, 2.05) is 0 Å². The average molecular weight is 464 g/mol. The van der Waals surface area contributed by atoms with Crippen LogP contribution in [0.15, 0.2) is 0 Å². The van der Waals surface area contributed by atoms with Crippen molar-refractivity contribution in [2.24, 2.45) is 0 Å². The zero-order valence-electron chi connectivity index (χ0n) is 16.9. The summed E-state index contributed by atoms with van der Waals surface area (Å²) >= 11 is 0. The van der Waals surface area contributed by atoms with Gasteiger partial charge in [-0.1, -0.05) is 0 Å². The van der Waals surface area contributed by atoms with Gasteiger partial charge in [0.25, 0.3) is 0 Å². The summed E-state index contributed by atoms with van der Waals surface area (Å²) in [6.07, 6.45) is 0. The van der Waals surface area contributed by atoms with Crippen molar-refractivity contribution >= 4 is 47.0 Å². The van der Waals surface area contributed by atoms with Gasteiger partial charge in [-0.05, 0) is 6.92 Å². The van der Waals surface area contributed by atoms with Crippen molar-refractivity contribution < 1.29 is 84.5 Å². The van der Waals surface area contributed by atoms with Crippen LogP contribution >= 0.6 is 0 Å². The molecule has 0 atom stereocenters. The van der Waals surface area contributed by atoms with Crippen LogP contribution in [0.1, 0.15) is 34.6 Å². The second-order valence-corrected chi connectivity index (χ2v) is 3.93. The number of hydrogen-bond acceptors (Lipinski definition) is 15. The third kappa shape index (κ3) is 51.9. The molecule has 0 aliphatic heterocycles. The van der Waals surface area contributed by atoms with Crippen molar-refractivity contribution in [2.45, 2.75) is 34.6 Å². The monoisotopic (exact) mass is 464 g/mol. The smallest absolute Gasteiger partial charge is 0.407 e. The molecule has 0 amide bonds. The standard InChI is InChI=1S/C5H8O3.C3H4O4.2C3H4O3.2H2O2/c1-3-8-5(7)4(2)6;1-2(4)3(5)7-6;2*1-2(4)3(5)6;2*1-2/h3H2,1-2H3;6H,1H3;2*1H3,(H,5,6);2*1-2H. The number of carbonyl (C=O) groups is 8. The molecule has 0 aliphatic carbocycles. The maximum absolute atomic E-state index is 10.2. The summed E-state index contributed by atoms with van der Waals surface area (Å²) in [4.78, 5) is 80.5. The van der Waals surface area contributed by atoms with Gasteiger partial charge in [0.05, 0.1) is 6.61 Å². The summed E-state index contributed by atoms with van der Waals surface area (Å²) in [5.41, 5.74) is 0. The number of carboxylic acid groups (broad SMARTS) is 2. The van der Waals surface area contributed by atoms with Crippen molar-refractivity contribution in [3.8, 4) is 0 Å². The SMILES string of the molecule is CC(=O)C(=O)O.CC(=O)C(=O)O.CC(=O)C(=O)OO.CCOC(=O)C(C)=O.OO.OO. The molecule has 17 nitrogen and oxygen atoms in total. The first-order chi connectivity index (χ1) is 14.1. The van der Waals surface area contributed by atoms with Crippen LogP contribution in [0.5, 0.6) is 0 Å². The van der Waals surface area contributed by atoms with Crippen LogP contribution in [0.3, 0.4) is 0 Å². The maximum Gasteiger partial charge on any atom is 0.407 e. The van der Waals surface area contributed by atoms with Crippen LogP contribution in [-0.2, 0) is 48.0 Å². The fraction of sp³-hybridized carbons (Fsp3) is 0.429. The quantitative estimate of drug-likeness (QED) is 0.112. The highest BCUT2D eigenvalue weighted by Gasteiger charge is 2.06. The second kappa shape index (κ2) is 31.1. The Labute approximate surface area is 173 Å². The lowest BCUT2D eigenvalue weighted by Gasteiger charge is -1.93. The van der Waals surface area contributed by atoms with Gasteiger partial charge in [-0.2, -0.15) is 5.26 Å². The number of aliphatic carboxylic acids is 2. The van der Waals surface area contributed by atoms with Crippen molar-refractivity contribution in [3.05, 3.63) is 0 Å². The Morgan fingerprint density at radius 3 is 0.839 bits per heavy atom. The Morgan fingerprint density at radius 1 is 0.581 bits per heavy atom. The molecule has 0 rings (SSSR count). The Kier molecular flexibility index (Phi) is 41.8. The molecule has 182 valence electrons. The number of carbonyl (C=O) groups excluding carboxylic acids is 6. The van der Waals surface area contributed by atoms with E-state index in [9.17, 15) is 38.4 Å². The lowest BCUT2D eigenvalue weighted by molar-refractivity contribution is -0.231. The fourth-order valence-corrected chi connectivity index (χ4v) is 0.297. The van der Waals surface area contributed by atoms with Gasteiger partial charge in [0, 0.05) is 27.7 Å². The third-order valence-electron chi connectivity index (χ3n) is 1.54. The lowest BCUT2D eigenvalue weighted by atomic mass is 10.5. The number of ether oxygens (including phenoxy) is 1. The summed E-state index contributed by atoms with van der Waals surface area (Å²) in [6.45, 7) is 6.10. The fourth-order valence-electron chi connectivity index (χ4n) is 0.297. The van der Waals surface area contributed by atoms with Crippen molar-refractivity contribution in [3.63, 3.8) is 0 Å². The topological polar surface area (TPSA) is 297 Å². The molecule has 0 unspecified atom stereocenters. The van der Waals surface area contributed by atoms with E-state index in [4.69, 9.17) is 36.5 Å². The van der Waals surface area contributed by atoms with E-state index in [1.54, 1.807) is 6.92 Å². The number of esters is 1. The van der Waals surface area contributed by atoms with Crippen molar-refractivity contribution in [1.82, 2.24) is 0 Å². The zero-order valence-corrected chi connectivity index (χ0v) is 16.9. The minimum atomic E-state index is -1.38. The van der Waals surface area contributed by atoms with E-state index in [0.717, 1.165) is 20.8 Å². The van der Waals surface area contributed by atoms with Crippen molar-refractivity contribution in [2.75, 3.05) is 6.61 Å². The second-order valence-electron chi connectivity index (χ2n) is 3.93. The molecule has 0 saturated heterocycles. The van der Waals surface area contributed by atoms with E-state index < -0.39 is 47.0 Å². The molecule has 31 heavy (non-hydrogen) atoms. The molecule has 0 aliphatic rings. The number of carboxylic acids is 2. The van der Waals surface area contributed by atoms with Gasteiger partial charge in [0.1, 0.15) is 0 Å². The van der Waals surface area contributed by atoms with Crippen molar-refractivity contribution in [1.29, 1.82) is 0 Å². The zero-order chi connectivity index (χ0) is 26.7. The van der Waals surface area contributed by atoms with Gasteiger partial charge >= 0.3 is 23.9 Å². The third-order valence-corrected chi connectivity index (χ3v) is 1.54. The number of rotatable bonds is 5. The normalized spacial score (nSPS) is 7.16. The van der Waals surface area contributed by atoms with E-state index in [1.165, 1.54) is 6.92 Å². The van der Waals surface area contributed by atoms with Crippen LogP contribution in [0.25, 0.3) is 0 Å². The molecule has 0 bridgehead atoms. The highest BCUT2D eigenvalue weighted by molar-refractivity contribution is 6.33. The summed E-state index contributed by atoms with van der Waals surface area (Å²) in [5, 5.41) is 46.7. The van der Waals surface area contributed by atoms with Gasteiger partial charge in [-0.25, -0.2) is 19.2 Å². The molecule has 7 N–H and O–H groups in total. The molecular formula is C14H24O17. The highest BCUT2D eigenvalue weighted by atomic mass is 17.1. The Hall–Kier alpha value is -3.64. The van der Waals surface area contributed by atoms with Gasteiger partial charge in [0.2, 0.25) is 23.1 Å². The van der Waals surface area contributed by atoms with E-state index in [0.29, 0.717) is 0 Å². The number of Topliss-reactive ketones (excluding diaryl/α,β-unsaturated/α-hetero) is 4. The molecule has 0 radical (unpaired) electrons. The molecule has 0 aromatic carbocycles. The Balaban J connectivity index is -0.0000000640. The molecule has 0 aromatic heterocycles. The van der Waals surface area contributed by atoms with Crippen LogP contribution in [0, 0.1) is 0 Å². The maximum atomic E-state index is 10.2. The predicted octanol–water partition coefficient (Wildman–Crippen LogP) is -0.915. The van der Waals surface area contributed by atoms with E-state index >= 15 is 0 Å². The van der Waals surface area contributed by atoms with Crippen LogP contribution < -0.4 is 0 Å². The van der Waals surface area contributed by atoms with Gasteiger partial charge in [-0.15, -0.1) is 0 Å². The van der Waals surface area contributed by atoms with Gasteiger partial charge < -0.3 is 14.9 Å². The molecule has 0 spiro atoms. The Bertz CT molecular complexity index is 529. The molecular weight excluding hydrogens is 440 g/mol. The molecule has 0 saturated carbocycles. The lowest BCUT2D eigenvalue weighted by Crippen LogP contribution is -2.12. The summed E-state index contributed by atoms with van der Waals surface area (Å²) < 4.78 is 4.31. The van der Waals surface area contributed by atoms with Crippen LogP contribution in [-0.4, -0.2) is 90.1 Å². The van der Waals surface area contributed by atoms with Crippen LogP contribution in [0.4, 0.5) is 0 Å². The summed E-state index contributed by atoms with van der Waals surface area (Å²) in [6, 6.07) is 0. The van der Waals surface area contributed by atoms with E-state index in [2.05, 4.69) is 9.62 Å². The Morgan fingerprint density at radius 2 is 0.806 bits per heavy atom. The first kappa shape index (κ1) is 41.7.